The summed E-state index contributed by atoms with van der Waals surface area (Å²) in [6.07, 6.45) is 2.02. The molecular weight excluding hydrogens is 336 g/mol. The molecule has 3 aromatic rings. The molecule has 0 saturated carbocycles. The van der Waals surface area contributed by atoms with Gasteiger partial charge in [-0.1, -0.05) is 17.3 Å². The number of hydrogen-bond acceptors (Lipinski definition) is 8. The summed E-state index contributed by atoms with van der Waals surface area (Å²) in [6, 6.07) is 10.3. The van der Waals surface area contributed by atoms with Crippen molar-refractivity contribution in [3.63, 3.8) is 0 Å². The minimum atomic E-state index is -0.641. The Bertz CT molecular complexity index is 950. The second-order valence-corrected chi connectivity index (χ2v) is 6.14. The number of aryl methyl sites for hydroxylation is 1. The number of aromatic hydroxyl groups is 1. The smallest absolute Gasteiger partial charge is 0.266 e. The first kappa shape index (κ1) is 16.1. The van der Waals surface area contributed by atoms with E-state index in [0.717, 1.165) is 5.56 Å². The number of rotatable bonds is 3. The zero-order chi connectivity index (χ0) is 18.1. The van der Waals surface area contributed by atoms with E-state index >= 15 is 0 Å². The fourth-order valence-corrected chi connectivity index (χ4v) is 2.63. The zero-order valence-electron chi connectivity index (χ0n) is 14.2. The molecule has 0 fully saturated rings. The molecule has 8 heteroatoms. The van der Waals surface area contributed by atoms with Gasteiger partial charge in [-0.3, -0.25) is 0 Å². The fourth-order valence-electron chi connectivity index (χ4n) is 2.63. The summed E-state index contributed by atoms with van der Waals surface area (Å²) in [5.41, 5.74) is 0.826. The average molecular weight is 352 g/mol. The van der Waals surface area contributed by atoms with Crippen LogP contribution in [-0.2, 0) is 10.4 Å². The predicted molar refractivity (Wildman–Crippen MR) is 91.5 cm³/mol. The summed E-state index contributed by atoms with van der Waals surface area (Å²) in [7, 11) is 0. The van der Waals surface area contributed by atoms with Gasteiger partial charge in [-0.05, 0) is 36.8 Å². The van der Waals surface area contributed by atoms with Crippen molar-refractivity contribution in [2.24, 2.45) is 5.16 Å². The van der Waals surface area contributed by atoms with Crippen LogP contribution in [0.3, 0.4) is 0 Å². The first-order valence-corrected chi connectivity index (χ1v) is 8.01. The highest BCUT2D eigenvalue weighted by atomic mass is 16.7. The topological polar surface area (TPSA) is 103 Å². The number of phenols is 1. The lowest BCUT2D eigenvalue weighted by molar-refractivity contribution is -0.00742. The molecule has 0 amide bonds. The van der Waals surface area contributed by atoms with Gasteiger partial charge in [0.15, 0.2) is 5.60 Å². The van der Waals surface area contributed by atoms with E-state index < -0.39 is 5.60 Å². The summed E-state index contributed by atoms with van der Waals surface area (Å²) in [4.78, 5) is 9.84. The van der Waals surface area contributed by atoms with E-state index in [9.17, 15) is 5.11 Å². The molecule has 1 aromatic carbocycles. The van der Waals surface area contributed by atoms with Crippen LogP contribution in [0.25, 0.3) is 11.6 Å². The standard InChI is InChI=1S/C18H16N4O4/c1-11-20-21-17(24-11)15-8-7-14(10-19-15)25-16-9-18(2,26-22-16)12-3-5-13(23)6-4-12/h3-8,10,23H,9H2,1-2H3/t18-/m0/s1. The van der Waals surface area contributed by atoms with Crippen LogP contribution >= 0.6 is 0 Å². The van der Waals surface area contributed by atoms with Crippen molar-refractivity contribution in [2.75, 3.05) is 0 Å². The molecule has 8 nitrogen and oxygen atoms in total. The van der Waals surface area contributed by atoms with Crippen molar-refractivity contribution in [1.82, 2.24) is 15.2 Å². The van der Waals surface area contributed by atoms with Crippen LogP contribution < -0.4 is 4.74 Å². The van der Waals surface area contributed by atoms with Crippen LogP contribution in [0, 0.1) is 6.92 Å². The number of pyridine rings is 1. The molecule has 0 unspecified atom stereocenters. The predicted octanol–water partition coefficient (Wildman–Crippen LogP) is 3.17. The third-order valence-electron chi connectivity index (χ3n) is 4.03. The van der Waals surface area contributed by atoms with Gasteiger partial charge in [-0.2, -0.15) is 0 Å². The Labute approximate surface area is 149 Å². The van der Waals surface area contributed by atoms with Crippen molar-refractivity contribution in [3.05, 3.63) is 54.0 Å². The van der Waals surface area contributed by atoms with Crippen molar-refractivity contribution in [2.45, 2.75) is 25.9 Å². The van der Waals surface area contributed by atoms with E-state index in [0.29, 0.717) is 35.5 Å². The van der Waals surface area contributed by atoms with Crippen LogP contribution in [0.4, 0.5) is 0 Å². The van der Waals surface area contributed by atoms with Gasteiger partial charge >= 0.3 is 0 Å². The third kappa shape index (κ3) is 3.08. The summed E-state index contributed by atoms with van der Waals surface area (Å²) in [5, 5.41) is 21.2. The van der Waals surface area contributed by atoms with Crippen molar-refractivity contribution in [3.8, 4) is 23.1 Å². The van der Waals surface area contributed by atoms with Crippen LogP contribution in [0.15, 0.2) is 52.2 Å². The molecule has 1 aliphatic heterocycles. The first-order chi connectivity index (χ1) is 12.5. The largest absolute Gasteiger partial charge is 0.508 e. The molecular formula is C18H16N4O4. The van der Waals surface area contributed by atoms with Crippen LogP contribution in [-0.4, -0.2) is 26.2 Å². The maximum absolute atomic E-state index is 9.42. The van der Waals surface area contributed by atoms with Gasteiger partial charge in [0, 0.05) is 6.92 Å². The second-order valence-electron chi connectivity index (χ2n) is 6.14. The first-order valence-electron chi connectivity index (χ1n) is 8.01. The number of ether oxygens (including phenoxy) is 1. The Hall–Kier alpha value is -3.42. The molecule has 0 bridgehead atoms. The Balaban J connectivity index is 1.44. The highest BCUT2D eigenvalue weighted by Gasteiger charge is 2.37. The maximum atomic E-state index is 9.42. The summed E-state index contributed by atoms with van der Waals surface area (Å²) >= 11 is 0. The van der Waals surface area contributed by atoms with E-state index in [1.54, 1.807) is 49.5 Å². The Kier molecular flexibility index (Phi) is 3.80. The molecule has 2 aromatic heterocycles. The highest BCUT2D eigenvalue weighted by molar-refractivity contribution is 5.80. The van der Waals surface area contributed by atoms with Gasteiger partial charge in [0.05, 0.1) is 12.6 Å². The van der Waals surface area contributed by atoms with E-state index in [4.69, 9.17) is 14.0 Å². The van der Waals surface area contributed by atoms with E-state index in [1.807, 2.05) is 6.92 Å². The normalized spacial score (nSPS) is 19.1. The van der Waals surface area contributed by atoms with Crippen LogP contribution in [0.1, 0.15) is 24.8 Å². The number of nitrogens with zero attached hydrogens (tertiary/aromatic N) is 4. The minimum Gasteiger partial charge on any atom is -0.508 e. The highest BCUT2D eigenvalue weighted by Crippen LogP contribution is 2.35. The number of oxime groups is 1. The van der Waals surface area contributed by atoms with Crippen molar-refractivity contribution < 1.29 is 19.1 Å². The lowest BCUT2D eigenvalue weighted by Crippen LogP contribution is -2.23. The Morgan fingerprint density at radius 1 is 1.12 bits per heavy atom. The van der Waals surface area contributed by atoms with Gasteiger partial charge < -0.3 is 19.1 Å². The molecule has 1 atom stereocenters. The average Bonchev–Trinajstić information content (AvgIpc) is 3.23. The molecule has 4 rings (SSSR count). The van der Waals surface area contributed by atoms with Crippen LogP contribution in [0.5, 0.6) is 11.5 Å². The fraction of sp³-hybridized carbons (Fsp3) is 0.222. The molecule has 1 aliphatic rings. The molecule has 132 valence electrons. The summed E-state index contributed by atoms with van der Waals surface area (Å²) in [6.45, 7) is 3.63. The number of aromatic nitrogens is 3. The number of phenolic OH excluding ortho intramolecular Hbond substituents is 1. The molecule has 3 heterocycles. The molecule has 0 saturated heterocycles. The van der Waals surface area contributed by atoms with Gasteiger partial charge in [0.25, 0.3) is 5.89 Å². The van der Waals surface area contributed by atoms with E-state index in [2.05, 4.69) is 20.3 Å². The van der Waals surface area contributed by atoms with Gasteiger partial charge in [-0.15, -0.1) is 10.2 Å². The Morgan fingerprint density at radius 3 is 2.58 bits per heavy atom. The number of hydrogen-bond donors (Lipinski definition) is 1. The molecule has 0 radical (unpaired) electrons. The monoisotopic (exact) mass is 352 g/mol. The van der Waals surface area contributed by atoms with Crippen molar-refractivity contribution in [1.29, 1.82) is 0 Å². The summed E-state index contributed by atoms with van der Waals surface area (Å²) in [5.74, 6) is 2.02. The minimum absolute atomic E-state index is 0.204. The summed E-state index contributed by atoms with van der Waals surface area (Å²) < 4.78 is 11.1. The van der Waals surface area contributed by atoms with E-state index in [1.165, 1.54) is 0 Å². The zero-order valence-corrected chi connectivity index (χ0v) is 14.2. The molecule has 0 aliphatic carbocycles. The lowest BCUT2D eigenvalue weighted by atomic mass is 9.93. The molecule has 0 spiro atoms. The SMILES string of the molecule is Cc1nnc(-c2ccc(OC3=NO[C@](C)(c4ccc(O)cc4)C3)cn2)o1. The Morgan fingerprint density at radius 2 is 1.92 bits per heavy atom. The van der Waals surface area contributed by atoms with Gasteiger partial charge in [0.1, 0.15) is 17.2 Å². The second kappa shape index (κ2) is 6.14. The quantitative estimate of drug-likeness (QED) is 0.772. The molecule has 26 heavy (non-hydrogen) atoms. The maximum Gasteiger partial charge on any atom is 0.266 e. The lowest BCUT2D eigenvalue weighted by Gasteiger charge is -2.21. The van der Waals surface area contributed by atoms with Gasteiger partial charge in [-0.25, -0.2) is 4.98 Å². The van der Waals surface area contributed by atoms with Gasteiger partial charge in [0.2, 0.25) is 11.8 Å². The van der Waals surface area contributed by atoms with E-state index in [-0.39, 0.29) is 5.75 Å². The van der Waals surface area contributed by atoms with Crippen molar-refractivity contribution >= 4 is 5.90 Å². The molecule has 1 N–H and O–H groups in total. The van der Waals surface area contributed by atoms with Crippen LogP contribution in [0.2, 0.25) is 0 Å². The third-order valence-corrected chi connectivity index (χ3v) is 4.03. The number of benzene rings is 1.